The van der Waals surface area contributed by atoms with E-state index in [1.165, 1.54) is 12.1 Å². The molecule has 0 saturated carbocycles. The molecule has 1 rings (SSSR count). The van der Waals surface area contributed by atoms with Gasteiger partial charge < -0.3 is 10.2 Å². The second-order valence-electron chi connectivity index (χ2n) is 2.55. The number of carboxylic acids is 1. The maximum Gasteiger partial charge on any atom is 0.490 e. The van der Waals surface area contributed by atoms with Crippen LogP contribution in [-0.4, -0.2) is 22.4 Å². The minimum absolute atomic E-state index is 0.147. The lowest BCUT2D eigenvalue weighted by molar-refractivity contribution is -0.192. The standard InChI is InChI=1S/C7H4ClNO.C2HF3O2/c8-6-3-1-2-5(4-9)7(6)10;3-2(4,5)1(6)7/h1-3,10H;(H,6,7). The predicted octanol–water partition coefficient (Wildman–Crippen LogP) is 2.55. The Kier molecular flexibility index (Phi) is 5.28. The smallest absolute Gasteiger partial charge is 0.490 e. The van der Waals surface area contributed by atoms with Crippen molar-refractivity contribution in [2.24, 2.45) is 0 Å². The highest BCUT2D eigenvalue weighted by atomic mass is 35.5. The summed E-state index contributed by atoms with van der Waals surface area (Å²) in [6, 6.07) is 6.44. The molecule has 0 radical (unpaired) electrons. The number of carboxylic acid groups (broad SMARTS) is 1. The lowest BCUT2D eigenvalue weighted by atomic mass is 10.2. The number of rotatable bonds is 0. The number of phenols is 1. The summed E-state index contributed by atoms with van der Waals surface area (Å²) in [6.07, 6.45) is -5.08. The highest BCUT2D eigenvalue weighted by Gasteiger charge is 2.38. The molecule has 8 heteroatoms. The number of halogens is 4. The van der Waals surface area contributed by atoms with Gasteiger partial charge in [0, 0.05) is 0 Å². The van der Waals surface area contributed by atoms with Crippen LogP contribution in [0, 0.1) is 11.3 Å². The summed E-state index contributed by atoms with van der Waals surface area (Å²) in [5.41, 5.74) is 0.201. The van der Waals surface area contributed by atoms with E-state index in [2.05, 4.69) is 0 Å². The van der Waals surface area contributed by atoms with E-state index in [9.17, 15) is 13.2 Å². The average Bonchev–Trinajstić information content (AvgIpc) is 2.21. The zero-order valence-electron chi connectivity index (χ0n) is 7.99. The minimum atomic E-state index is -5.08. The Labute approximate surface area is 98.5 Å². The van der Waals surface area contributed by atoms with Crippen LogP contribution in [0.5, 0.6) is 5.75 Å². The van der Waals surface area contributed by atoms with Gasteiger partial charge in [0.15, 0.2) is 5.75 Å². The van der Waals surface area contributed by atoms with Crippen molar-refractivity contribution in [2.45, 2.75) is 6.18 Å². The third-order valence-electron chi connectivity index (χ3n) is 1.35. The second kappa shape index (κ2) is 5.96. The van der Waals surface area contributed by atoms with Gasteiger partial charge >= 0.3 is 12.1 Å². The lowest BCUT2D eigenvalue weighted by Gasteiger charge is -1.95. The SMILES string of the molecule is N#Cc1cccc(Cl)c1O.O=C(O)C(F)(F)F. The predicted molar refractivity (Wildman–Crippen MR) is 51.5 cm³/mol. The number of para-hydroxylation sites is 1. The summed E-state index contributed by atoms with van der Waals surface area (Å²) >= 11 is 5.49. The zero-order chi connectivity index (χ0) is 13.6. The molecule has 4 nitrogen and oxygen atoms in total. The summed E-state index contributed by atoms with van der Waals surface area (Å²) in [4.78, 5) is 8.90. The van der Waals surface area contributed by atoms with E-state index in [-0.39, 0.29) is 16.3 Å². The number of benzene rings is 1. The first-order valence-electron chi connectivity index (χ1n) is 3.87. The molecule has 1 aromatic carbocycles. The fourth-order valence-corrected chi connectivity index (χ4v) is 0.780. The van der Waals surface area contributed by atoms with Gasteiger partial charge in [0.25, 0.3) is 0 Å². The molecule has 0 aliphatic rings. The summed E-state index contributed by atoms with van der Waals surface area (Å²) in [6.45, 7) is 0. The molecule has 0 bridgehead atoms. The van der Waals surface area contributed by atoms with E-state index in [4.69, 9.17) is 31.9 Å². The van der Waals surface area contributed by atoms with Gasteiger partial charge in [0.05, 0.1) is 10.6 Å². The minimum Gasteiger partial charge on any atom is -0.505 e. The average molecular weight is 268 g/mol. The van der Waals surface area contributed by atoms with Gasteiger partial charge in [0.1, 0.15) is 6.07 Å². The van der Waals surface area contributed by atoms with Crippen LogP contribution in [0.2, 0.25) is 5.02 Å². The molecule has 0 aliphatic carbocycles. The van der Waals surface area contributed by atoms with Crippen LogP contribution < -0.4 is 0 Å². The van der Waals surface area contributed by atoms with Gasteiger partial charge in [-0.15, -0.1) is 0 Å². The van der Waals surface area contributed by atoms with E-state index in [0.29, 0.717) is 0 Å². The van der Waals surface area contributed by atoms with Crippen molar-refractivity contribution in [3.8, 4) is 11.8 Å². The van der Waals surface area contributed by atoms with E-state index < -0.39 is 12.1 Å². The molecule has 0 heterocycles. The molecule has 17 heavy (non-hydrogen) atoms. The van der Waals surface area contributed by atoms with Crippen molar-refractivity contribution >= 4 is 17.6 Å². The first-order valence-corrected chi connectivity index (χ1v) is 4.25. The van der Waals surface area contributed by atoms with Crippen molar-refractivity contribution in [1.29, 1.82) is 5.26 Å². The van der Waals surface area contributed by atoms with Crippen molar-refractivity contribution < 1.29 is 28.2 Å². The van der Waals surface area contributed by atoms with Gasteiger partial charge in [-0.3, -0.25) is 0 Å². The molecule has 0 fully saturated rings. The molecular formula is C9H5ClF3NO3. The summed E-state index contributed by atoms with van der Waals surface area (Å²) in [7, 11) is 0. The Morgan fingerprint density at radius 3 is 2.18 bits per heavy atom. The lowest BCUT2D eigenvalue weighted by Crippen LogP contribution is -2.21. The van der Waals surface area contributed by atoms with Crippen molar-refractivity contribution in [2.75, 3.05) is 0 Å². The van der Waals surface area contributed by atoms with Crippen LogP contribution in [0.25, 0.3) is 0 Å². The Morgan fingerprint density at radius 1 is 1.41 bits per heavy atom. The molecule has 0 amide bonds. The molecule has 0 spiro atoms. The zero-order valence-corrected chi connectivity index (χ0v) is 8.75. The Morgan fingerprint density at radius 2 is 1.88 bits per heavy atom. The monoisotopic (exact) mass is 267 g/mol. The van der Waals surface area contributed by atoms with Gasteiger partial charge in [-0.05, 0) is 12.1 Å². The maximum absolute atomic E-state index is 10.6. The molecule has 92 valence electrons. The first-order chi connectivity index (χ1) is 7.70. The van der Waals surface area contributed by atoms with Crippen LogP contribution in [-0.2, 0) is 4.79 Å². The van der Waals surface area contributed by atoms with E-state index >= 15 is 0 Å². The Balaban J connectivity index is 0.000000325. The molecule has 1 aromatic rings. The summed E-state index contributed by atoms with van der Waals surface area (Å²) in [5.74, 6) is -2.90. The number of hydrogen-bond donors (Lipinski definition) is 2. The molecule has 0 aliphatic heterocycles. The summed E-state index contributed by atoms with van der Waals surface area (Å²) in [5, 5.41) is 24.7. The van der Waals surface area contributed by atoms with Crippen LogP contribution in [0.3, 0.4) is 0 Å². The number of alkyl halides is 3. The molecule has 0 atom stereocenters. The Bertz CT molecular complexity index is 454. The van der Waals surface area contributed by atoms with Crippen LogP contribution in [0.15, 0.2) is 18.2 Å². The van der Waals surface area contributed by atoms with Crippen molar-refractivity contribution in [1.82, 2.24) is 0 Å². The number of aliphatic carboxylic acids is 1. The fourth-order valence-electron chi connectivity index (χ4n) is 0.606. The van der Waals surface area contributed by atoms with E-state index in [0.717, 1.165) is 0 Å². The van der Waals surface area contributed by atoms with Crippen LogP contribution in [0.4, 0.5) is 13.2 Å². The number of nitriles is 1. The number of aromatic hydroxyl groups is 1. The van der Waals surface area contributed by atoms with Crippen molar-refractivity contribution in [3.05, 3.63) is 28.8 Å². The summed E-state index contributed by atoms with van der Waals surface area (Å²) < 4.78 is 31.7. The van der Waals surface area contributed by atoms with Gasteiger partial charge in [0.2, 0.25) is 0 Å². The third kappa shape index (κ3) is 5.08. The Hall–Kier alpha value is -1.94. The largest absolute Gasteiger partial charge is 0.505 e. The number of nitrogens with zero attached hydrogens (tertiary/aromatic N) is 1. The number of phenolic OH excluding ortho intramolecular Hbond substituents is 1. The van der Waals surface area contributed by atoms with E-state index in [1.807, 2.05) is 0 Å². The highest BCUT2D eigenvalue weighted by Crippen LogP contribution is 2.25. The van der Waals surface area contributed by atoms with Crippen LogP contribution in [0.1, 0.15) is 5.56 Å². The first kappa shape index (κ1) is 15.1. The van der Waals surface area contributed by atoms with Crippen molar-refractivity contribution in [3.63, 3.8) is 0 Å². The fraction of sp³-hybridized carbons (Fsp3) is 0.111. The maximum atomic E-state index is 10.6. The van der Waals surface area contributed by atoms with Gasteiger partial charge in [-0.2, -0.15) is 18.4 Å². The molecule has 0 aromatic heterocycles. The quantitative estimate of drug-likeness (QED) is 0.757. The topological polar surface area (TPSA) is 81.3 Å². The highest BCUT2D eigenvalue weighted by molar-refractivity contribution is 6.32. The normalized spacial score (nSPS) is 9.82. The number of carbonyl (C=O) groups is 1. The molecule has 2 N–H and O–H groups in total. The van der Waals surface area contributed by atoms with E-state index in [1.54, 1.807) is 12.1 Å². The van der Waals surface area contributed by atoms with Crippen LogP contribution >= 0.6 is 11.6 Å². The molecule has 0 saturated heterocycles. The third-order valence-corrected chi connectivity index (χ3v) is 1.65. The molecular weight excluding hydrogens is 263 g/mol. The number of hydrogen-bond acceptors (Lipinski definition) is 3. The molecule has 0 unspecified atom stereocenters. The van der Waals surface area contributed by atoms with Gasteiger partial charge in [-0.1, -0.05) is 17.7 Å². The second-order valence-corrected chi connectivity index (χ2v) is 2.96. The van der Waals surface area contributed by atoms with Gasteiger partial charge in [-0.25, -0.2) is 4.79 Å².